The van der Waals surface area contributed by atoms with Gasteiger partial charge in [-0.05, 0) is 23.8 Å². The number of anilines is 2. The largest absolute Gasteiger partial charge is 0.508 e. The van der Waals surface area contributed by atoms with Gasteiger partial charge in [0.15, 0.2) is 0 Å². The summed E-state index contributed by atoms with van der Waals surface area (Å²) < 4.78 is 0. The number of rotatable bonds is 6. The lowest BCUT2D eigenvalue weighted by Gasteiger charge is -2.28. The van der Waals surface area contributed by atoms with Crippen LogP contribution in [0.15, 0.2) is 55.0 Å². The first kappa shape index (κ1) is 19.1. The fraction of sp³-hybridized carbons (Fsp3) is 0.318. The molecule has 1 aliphatic rings. The van der Waals surface area contributed by atoms with Crippen molar-refractivity contribution in [1.82, 2.24) is 20.3 Å². The number of aromatic hydroxyl groups is 1. The zero-order valence-electron chi connectivity index (χ0n) is 16.5. The molecule has 1 unspecified atom stereocenters. The number of phenols is 1. The molecule has 0 amide bonds. The lowest BCUT2D eigenvalue weighted by atomic mass is 10.0. The molecule has 150 valence electrons. The Morgan fingerprint density at radius 1 is 1.10 bits per heavy atom. The van der Waals surface area contributed by atoms with Crippen LogP contribution >= 0.6 is 0 Å². The van der Waals surface area contributed by atoms with Crippen molar-refractivity contribution in [2.24, 2.45) is 0 Å². The number of hydrogen-bond acceptors (Lipinski definition) is 7. The summed E-state index contributed by atoms with van der Waals surface area (Å²) in [5.74, 6) is 2.22. The second-order valence-electron chi connectivity index (χ2n) is 7.27. The summed E-state index contributed by atoms with van der Waals surface area (Å²) in [6.07, 6.45) is 3.43. The van der Waals surface area contributed by atoms with Gasteiger partial charge in [0.1, 0.15) is 23.7 Å². The molecule has 4 rings (SSSR count). The molecule has 2 aromatic heterocycles. The number of benzene rings is 1. The van der Waals surface area contributed by atoms with E-state index in [-0.39, 0.29) is 5.92 Å². The van der Waals surface area contributed by atoms with Gasteiger partial charge in [-0.3, -0.25) is 0 Å². The first-order chi connectivity index (χ1) is 14.2. The van der Waals surface area contributed by atoms with Crippen molar-refractivity contribution >= 4 is 11.6 Å². The number of para-hydroxylation sites is 1. The van der Waals surface area contributed by atoms with Crippen LogP contribution in [0.25, 0.3) is 11.3 Å². The maximum absolute atomic E-state index is 10.0. The van der Waals surface area contributed by atoms with Crippen molar-refractivity contribution in [3.8, 4) is 17.0 Å². The van der Waals surface area contributed by atoms with Gasteiger partial charge in [-0.25, -0.2) is 15.0 Å². The topological polar surface area (TPSA) is 86.2 Å². The zero-order valence-corrected chi connectivity index (χ0v) is 16.5. The minimum atomic E-state index is 0.148. The highest BCUT2D eigenvalue weighted by molar-refractivity contribution is 5.62. The lowest BCUT2D eigenvalue weighted by molar-refractivity contribution is 0.464. The van der Waals surface area contributed by atoms with Gasteiger partial charge in [0.25, 0.3) is 0 Å². The van der Waals surface area contributed by atoms with Gasteiger partial charge in [-0.1, -0.05) is 25.1 Å². The minimum Gasteiger partial charge on any atom is -0.508 e. The molecule has 7 nitrogen and oxygen atoms in total. The van der Waals surface area contributed by atoms with Gasteiger partial charge in [0, 0.05) is 56.5 Å². The van der Waals surface area contributed by atoms with Crippen molar-refractivity contribution in [2.75, 3.05) is 42.9 Å². The van der Waals surface area contributed by atoms with E-state index in [1.807, 2.05) is 30.5 Å². The van der Waals surface area contributed by atoms with Crippen LogP contribution in [0.3, 0.4) is 0 Å². The zero-order chi connectivity index (χ0) is 20.1. The molecule has 1 fully saturated rings. The molecule has 1 aliphatic heterocycles. The SMILES string of the molecule is CC(CNc1cc(-c2ccc(N3CCNCC3)nc2)ncn1)c1ccccc1O. The maximum Gasteiger partial charge on any atom is 0.129 e. The van der Waals surface area contributed by atoms with Gasteiger partial charge < -0.3 is 20.6 Å². The van der Waals surface area contributed by atoms with Crippen molar-refractivity contribution < 1.29 is 5.11 Å². The van der Waals surface area contributed by atoms with E-state index < -0.39 is 0 Å². The number of phenolic OH excluding ortho intramolecular Hbond substituents is 1. The molecule has 7 heteroatoms. The Kier molecular flexibility index (Phi) is 5.86. The van der Waals surface area contributed by atoms with Gasteiger partial charge >= 0.3 is 0 Å². The number of pyridine rings is 1. The normalized spacial score (nSPS) is 15.1. The summed E-state index contributed by atoms with van der Waals surface area (Å²) in [5.41, 5.74) is 2.71. The Morgan fingerprint density at radius 3 is 2.69 bits per heavy atom. The molecule has 0 radical (unpaired) electrons. The third-order valence-corrected chi connectivity index (χ3v) is 5.21. The van der Waals surface area contributed by atoms with Crippen LogP contribution in [0.4, 0.5) is 11.6 Å². The molecule has 0 bridgehead atoms. The number of nitrogens with zero attached hydrogens (tertiary/aromatic N) is 4. The van der Waals surface area contributed by atoms with E-state index in [9.17, 15) is 5.11 Å². The number of hydrogen-bond donors (Lipinski definition) is 3. The van der Waals surface area contributed by atoms with E-state index in [1.165, 1.54) is 0 Å². The van der Waals surface area contributed by atoms with Crippen molar-refractivity contribution in [1.29, 1.82) is 0 Å². The summed E-state index contributed by atoms with van der Waals surface area (Å²) >= 11 is 0. The molecular weight excluding hydrogens is 364 g/mol. The Balaban J connectivity index is 1.42. The highest BCUT2D eigenvalue weighted by Crippen LogP contribution is 2.26. The number of piperazine rings is 1. The Morgan fingerprint density at radius 2 is 1.93 bits per heavy atom. The van der Waals surface area contributed by atoms with E-state index in [1.54, 1.807) is 12.4 Å². The summed E-state index contributed by atoms with van der Waals surface area (Å²) in [6, 6.07) is 13.5. The molecule has 1 saturated heterocycles. The van der Waals surface area contributed by atoms with Crippen LogP contribution in [0.5, 0.6) is 5.75 Å². The molecule has 0 spiro atoms. The average Bonchev–Trinajstić information content (AvgIpc) is 2.79. The monoisotopic (exact) mass is 390 g/mol. The molecule has 3 N–H and O–H groups in total. The second-order valence-corrected chi connectivity index (χ2v) is 7.27. The van der Waals surface area contributed by atoms with Crippen molar-refractivity contribution in [2.45, 2.75) is 12.8 Å². The highest BCUT2D eigenvalue weighted by atomic mass is 16.3. The highest BCUT2D eigenvalue weighted by Gasteiger charge is 2.13. The van der Waals surface area contributed by atoms with E-state index >= 15 is 0 Å². The summed E-state index contributed by atoms with van der Waals surface area (Å²) in [4.78, 5) is 15.6. The van der Waals surface area contributed by atoms with Gasteiger partial charge in [-0.15, -0.1) is 0 Å². The Labute approximate surface area is 170 Å². The van der Waals surface area contributed by atoms with Crippen LogP contribution < -0.4 is 15.5 Å². The molecule has 0 saturated carbocycles. The Bertz CT molecular complexity index is 940. The number of nitrogens with one attached hydrogen (secondary N) is 2. The number of aromatic nitrogens is 3. The quantitative estimate of drug-likeness (QED) is 0.597. The maximum atomic E-state index is 10.0. The van der Waals surface area contributed by atoms with Crippen LogP contribution in [0, 0.1) is 0 Å². The standard InChI is InChI=1S/C22H26N6O/c1-16(18-4-2-3-5-20(18)29)13-24-21-12-19(26-15-27-21)17-6-7-22(25-14-17)28-10-8-23-9-11-28/h2-7,12,14-16,23,29H,8-11,13H2,1H3,(H,24,26,27). The van der Waals surface area contributed by atoms with Crippen molar-refractivity contribution in [3.05, 3.63) is 60.6 Å². The first-order valence-corrected chi connectivity index (χ1v) is 9.96. The van der Waals surface area contributed by atoms with Crippen LogP contribution in [0.1, 0.15) is 18.4 Å². The predicted octanol–water partition coefficient (Wildman–Crippen LogP) is 2.87. The molecular formula is C22H26N6O. The lowest BCUT2D eigenvalue weighted by Crippen LogP contribution is -2.43. The van der Waals surface area contributed by atoms with E-state index in [0.717, 1.165) is 54.6 Å². The summed E-state index contributed by atoms with van der Waals surface area (Å²) in [7, 11) is 0. The minimum absolute atomic E-state index is 0.148. The summed E-state index contributed by atoms with van der Waals surface area (Å²) in [6.45, 7) is 6.66. The van der Waals surface area contributed by atoms with Crippen LogP contribution in [-0.2, 0) is 0 Å². The van der Waals surface area contributed by atoms with Gasteiger partial charge in [0.05, 0.1) is 5.69 Å². The second kappa shape index (κ2) is 8.87. The molecule has 3 aromatic rings. The summed E-state index contributed by atoms with van der Waals surface area (Å²) in [5, 5.41) is 16.7. The van der Waals surface area contributed by atoms with E-state index in [2.05, 4.69) is 49.5 Å². The fourth-order valence-corrected chi connectivity index (χ4v) is 3.50. The van der Waals surface area contributed by atoms with E-state index in [0.29, 0.717) is 12.3 Å². The molecule has 29 heavy (non-hydrogen) atoms. The fourth-order valence-electron chi connectivity index (χ4n) is 3.50. The predicted molar refractivity (Wildman–Crippen MR) is 115 cm³/mol. The molecule has 3 heterocycles. The third-order valence-electron chi connectivity index (χ3n) is 5.21. The third kappa shape index (κ3) is 4.63. The first-order valence-electron chi connectivity index (χ1n) is 9.96. The van der Waals surface area contributed by atoms with Crippen LogP contribution in [-0.4, -0.2) is 52.8 Å². The average molecular weight is 390 g/mol. The van der Waals surface area contributed by atoms with Gasteiger partial charge in [-0.2, -0.15) is 0 Å². The van der Waals surface area contributed by atoms with Crippen LogP contribution in [0.2, 0.25) is 0 Å². The van der Waals surface area contributed by atoms with Gasteiger partial charge in [0.2, 0.25) is 0 Å². The smallest absolute Gasteiger partial charge is 0.129 e. The molecule has 0 aliphatic carbocycles. The van der Waals surface area contributed by atoms with Crippen molar-refractivity contribution in [3.63, 3.8) is 0 Å². The molecule has 1 aromatic carbocycles. The van der Waals surface area contributed by atoms with E-state index in [4.69, 9.17) is 0 Å². The molecule has 1 atom stereocenters. The Hall–Kier alpha value is -3.19.